The van der Waals surface area contributed by atoms with Crippen LogP contribution in [0, 0.1) is 5.92 Å². The van der Waals surface area contributed by atoms with Crippen LogP contribution >= 0.6 is 15.9 Å². The predicted molar refractivity (Wildman–Crippen MR) is 64.3 cm³/mol. The first-order valence-electron chi connectivity index (χ1n) is 5.06. The predicted octanol–water partition coefficient (Wildman–Crippen LogP) is 3.74. The normalized spacial score (nSPS) is 12.5. The summed E-state index contributed by atoms with van der Waals surface area (Å²) in [6.45, 7) is 4.35. The van der Waals surface area contributed by atoms with E-state index < -0.39 is 5.97 Å². The average Bonchev–Trinajstić information content (AvgIpc) is 2.20. The maximum atomic E-state index is 10.7. The number of halogens is 1. The molecular formula is C12H15BrO2. The average molecular weight is 271 g/mol. The van der Waals surface area contributed by atoms with Crippen molar-refractivity contribution in [3.8, 4) is 0 Å². The summed E-state index contributed by atoms with van der Waals surface area (Å²) in [6, 6.07) is 5.21. The topological polar surface area (TPSA) is 37.3 Å². The van der Waals surface area contributed by atoms with Crippen LogP contribution in [0.4, 0.5) is 0 Å². The molecule has 1 unspecified atom stereocenters. The number of benzene rings is 1. The molecule has 0 spiro atoms. The van der Waals surface area contributed by atoms with Crippen LogP contribution in [0.5, 0.6) is 0 Å². The molecule has 1 aromatic carbocycles. The maximum absolute atomic E-state index is 10.7. The molecule has 2 nitrogen and oxygen atoms in total. The molecule has 15 heavy (non-hydrogen) atoms. The standard InChI is InChI=1S/C12H15BrO2/c1-3-8(2)6-9-4-5-10(12(14)15)7-11(9)13/h4-5,7-8H,3,6H2,1-2H3,(H,14,15). The molecule has 0 saturated heterocycles. The number of rotatable bonds is 4. The Hall–Kier alpha value is -0.830. The van der Waals surface area contributed by atoms with Crippen molar-refractivity contribution in [1.29, 1.82) is 0 Å². The molecule has 1 atom stereocenters. The van der Waals surface area contributed by atoms with Gasteiger partial charge in [-0.25, -0.2) is 4.79 Å². The van der Waals surface area contributed by atoms with Gasteiger partial charge in [-0.3, -0.25) is 0 Å². The van der Waals surface area contributed by atoms with Gasteiger partial charge >= 0.3 is 5.97 Å². The molecule has 0 aromatic heterocycles. The molecule has 1 N–H and O–H groups in total. The van der Waals surface area contributed by atoms with Crippen LogP contribution in [0.2, 0.25) is 0 Å². The van der Waals surface area contributed by atoms with E-state index in [4.69, 9.17) is 5.11 Å². The summed E-state index contributed by atoms with van der Waals surface area (Å²) in [4.78, 5) is 10.7. The zero-order chi connectivity index (χ0) is 11.4. The summed E-state index contributed by atoms with van der Waals surface area (Å²) >= 11 is 3.41. The molecule has 0 aliphatic heterocycles. The minimum absolute atomic E-state index is 0.328. The first-order valence-corrected chi connectivity index (χ1v) is 5.85. The van der Waals surface area contributed by atoms with Crippen LogP contribution in [0.1, 0.15) is 36.2 Å². The van der Waals surface area contributed by atoms with Gasteiger partial charge in [0.2, 0.25) is 0 Å². The number of carboxylic acids is 1. The highest BCUT2D eigenvalue weighted by atomic mass is 79.9. The van der Waals surface area contributed by atoms with Gasteiger partial charge in [0.15, 0.2) is 0 Å². The van der Waals surface area contributed by atoms with Crippen molar-refractivity contribution in [2.75, 3.05) is 0 Å². The van der Waals surface area contributed by atoms with E-state index >= 15 is 0 Å². The summed E-state index contributed by atoms with van der Waals surface area (Å²) in [5.74, 6) is -0.261. The fraction of sp³-hybridized carbons (Fsp3) is 0.417. The minimum atomic E-state index is -0.884. The second kappa shape index (κ2) is 5.31. The Labute approximate surface area is 98.4 Å². The zero-order valence-electron chi connectivity index (χ0n) is 8.96. The van der Waals surface area contributed by atoms with Gasteiger partial charge in [-0.1, -0.05) is 42.3 Å². The molecule has 0 saturated carbocycles. The number of hydrogen-bond donors (Lipinski definition) is 1. The lowest BCUT2D eigenvalue weighted by molar-refractivity contribution is 0.0697. The van der Waals surface area contributed by atoms with E-state index in [1.165, 1.54) is 5.56 Å². The Balaban J connectivity index is 2.88. The molecule has 0 aliphatic rings. The van der Waals surface area contributed by atoms with Crippen molar-refractivity contribution in [2.24, 2.45) is 5.92 Å². The van der Waals surface area contributed by atoms with Gasteiger partial charge < -0.3 is 5.11 Å². The van der Waals surface area contributed by atoms with Gasteiger partial charge in [0.05, 0.1) is 5.56 Å². The lowest BCUT2D eigenvalue weighted by Gasteiger charge is -2.10. The maximum Gasteiger partial charge on any atom is 0.335 e. The van der Waals surface area contributed by atoms with Gasteiger partial charge in [-0.15, -0.1) is 0 Å². The summed E-state index contributed by atoms with van der Waals surface area (Å²) < 4.78 is 0.891. The third-order valence-corrected chi connectivity index (χ3v) is 3.30. The van der Waals surface area contributed by atoms with E-state index in [-0.39, 0.29) is 0 Å². The van der Waals surface area contributed by atoms with E-state index in [0.29, 0.717) is 11.5 Å². The molecule has 0 aliphatic carbocycles. The Morgan fingerprint density at radius 1 is 1.53 bits per heavy atom. The zero-order valence-corrected chi connectivity index (χ0v) is 10.5. The number of carboxylic acid groups (broad SMARTS) is 1. The quantitative estimate of drug-likeness (QED) is 0.905. The molecule has 0 heterocycles. The Bertz CT molecular complexity index is 361. The van der Waals surface area contributed by atoms with Crippen LogP contribution in [0.3, 0.4) is 0 Å². The molecular weight excluding hydrogens is 256 g/mol. The molecule has 3 heteroatoms. The first kappa shape index (κ1) is 12.2. The summed E-state index contributed by atoms with van der Waals surface area (Å²) in [5, 5.41) is 8.81. The first-order chi connectivity index (χ1) is 7.04. The van der Waals surface area contributed by atoms with Crippen molar-refractivity contribution in [2.45, 2.75) is 26.7 Å². The fourth-order valence-electron chi connectivity index (χ4n) is 1.37. The molecule has 0 bridgehead atoms. The fourth-order valence-corrected chi connectivity index (χ4v) is 1.91. The Morgan fingerprint density at radius 3 is 2.67 bits per heavy atom. The molecule has 0 amide bonds. The van der Waals surface area contributed by atoms with E-state index in [2.05, 4.69) is 29.8 Å². The second-order valence-electron chi connectivity index (χ2n) is 3.83. The number of aromatic carboxylic acids is 1. The Morgan fingerprint density at radius 2 is 2.20 bits per heavy atom. The van der Waals surface area contributed by atoms with Gasteiger partial charge in [0.1, 0.15) is 0 Å². The second-order valence-corrected chi connectivity index (χ2v) is 4.68. The van der Waals surface area contributed by atoms with E-state index in [1.54, 1.807) is 12.1 Å². The third-order valence-electron chi connectivity index (χ3n) is 2.57. The number of carbonyl (C=O) groups is 1. The van der Waals surface area contributed by atoms with Gasteiger partial charge in [-0.05, 0) is 30.0 Å². The van der Waals surface area contributed by atoms with Crippen molar-refractivity contribution in [1.82, 2.24) is 0 Å². The molecule has 0 radical (unpaired) electrons. The molecule has 1 aromatic rings. The van der Waals surface area contributed by atoms with Gasteiger partial charge in [0, 0.05) is 4.47 Å². The smallest absolute Gasteiger partial charge is 0.335 e. The monoisotopic (exact) mass is 270 g/mol. The van der Waals surface area contributed by atoms with E-state index in [1.807, 2.05) is 6.07 Å². The molecule has 82 valence electrons. The van der Waals surface area contributed by atoms with E-state index in [0.717, 1.165) is 17.3 Å². The van der Waals surface area contributed by atoms with Crippen molar-refractivity contribution in [3.05, 3.63) is 33.8 Å². The highest BCUT2D eigenvalue weighted by Crippen LogP contribution is 2.22. The molecule has 1 rings (SSSR count). The van der Waals surface area contributed by atoms with Crippen LogP contribution in [-0.2, 0) is 6.42 Å². The third kappa shape index (κ3) is 3.34. The van der Waals surface area contributed by atoms with Crippen LogP contribution in [0.15, 0.2) is 22.7 Å². The van der Waals surface area contributed by atoms with Crippen LogP contribution in [0.25, 0.3) is 0 Å². The highest BCUT2D eigenvalue weighted by molar-refractivity contribution is 9.10. The summed E-state index contributed by atoms with van der Waals surface area (Å²) in [6.07, 6.45) is 2.12. The van der Waals surface area contributed by atoms with Crippen molar-refractivity contribution >= 4 is 21.9 Å². The molecule has 0 fully saturated rings. The lowest BCUT2D eigenvalue weighted by Crippen LogP contribution is -2.01. The summed E-state index contributed by atoms with van der Waals surface area (Å²) in [5.41, 5.74) is 1.50. The van der Waals surface area contributed by atoms with Crippen molar-refractivity contribution in [3.63, 3.8) is 0 Å². The van der Waals surface area contributed by atoms with E-state index in [9.17, 15) is 4.79 Å². The largest absolute Gasteiger partial charge is 0.478 e. The van der Waals surface area contributed by atoms with Crippen LogP contribution in [-0.4, -0.2) is 11.1 Å². The SMILES string of the molecule is CCC(C)Cc1ccc(C(=O)O)cc1Br. The Kier molecular flexibility index (Phi) is 4.33. The van der Waals surface area contributed by atoms with Gasteiger partial charge in [0.25, 0.3) is 0 Å². The van der Waals surface area contributed by atoms with Crippen molar-refractivity contribution < 1.29 is 9.90 Å². The number of hydrogen-bond acceptors (Lipinski definition) is 1. The minimum Gasteiger partial charge on any atom is -0.478 e. The lowest BCUT2D eigenvalue weighted by atomic mass is 9.98. The van der Waals surface area contributed by atoms with Gasteiger partial charge in [-0.2, -0.15) is 0 Å². The highest BCUT2D eigenvalue weighted by Gasteiger charge is 2.08. The van der Waals surface area contributed by atoms with Crippen LogP contribution < -0.4 is 0 Å². The summed E-state index contributed by atoms with van der Waals surface area (Å²) in [7, 11) is 0.